The second kappa shape index (κ2) is 6.93. The summed E-state index contributed by atoms with van der Waals surface area (Å²) in [5, 5.41) is 12.6. The largest absolute Gasteiger partial charge is 0.507 e. The summed E-state index contributed by atoms with van der Waals surface area (Å²) in [6, 6.07) is 12.4. The van der Waals surface area contributed by atoms with Crippen LogP contribution in [-0.4, -0.2) is 11.0 Å². The van der Waals surface area contributed by atoms with Crippen molar-refractivity contribution in [1.29, 1.82) is 0 Å². The smallest absolute Gasteiger partial charge is 0.259 e. The van der Waals surface area contributed by atoms with Crippen molar-refractivity contribution in [3.63, 3.8) is 0 Å². The molecule has 0 bridgehead atoms. The third-order valence-electron chi connectivity index (χ3n) is 2.93. The van der Waals surface area contributed by atoms with Gasteiger partial charge in [-0.3, -0.25) is 4.79 Å². The predicted octanol–water partition coefficient (Wildman–Crippen LogP) is 2.83. The number of amides is 1. The Morgan fingerprint density at radius 2 is 1.85 bits per heavy atom. The first-order chi connectivity index (χ1) is 9.11. The molecule has 0 aliphatic rings. The second-order valence-corrected chi connectivity index (χ2v) is 4.33. The minimum absolute atomic E-state index is 0. The Kier molecular flexibility index (Phi) is 5.55. The maximum Gasteiger partial charge on any atom is 0.259 e. The second-order valence-electron chi connectivity index (χ2n) is 4.33. The van der Waals surface area contributed by atoms with Gasteiger partial charge < -0.3 is 16.2 Å². The molecule has 5 heteroatoms. The molecule has 0 aromatic heterocycles. The molecule has 20 heavy (non-hydrogen) atoms. The van der Waals surface area contributed by atoms with E-state index in [9.17, 15) is 9.90 Å². The summed E-state index contributed by atoms with van der Waals surface area (Å²) in [6.45, 7) is 2.22. The van der Waals surface area contributed by atoms with Gasteiger partial charge in [-0.2, -0.15) is 0 Å². The Bertz CT molecular complexity index is 597. The number of nitrogens with two attached hydrogens (primary N) is 1. The number of phenols is 1. The molecule has 0 fully saturated rings. The lowest BCUT2D eigenvalue weighted by molar-refractivity contribution is 0.102. The Labute approximate surface area is 124 Å². The quantitative estimate of drug-likeness (QED) is 0.814. The number of anilines is 1. The summed E-state index contributed by atoms with van der Waals surface area (Å²) in [4.78, 5) is 12.0. The van der Waals surface area contributed by atoms with Crippen LogP contribution in [0.4, 0.5) is 5.69 Å². The van der Waals surface area contributed by atoms with Gasteiger partial charge in [0.05, 0.1) is 5.56 Å². The molecule has 0 unspecified atom stereocenters. The molecule has 0 radical (unpaired) electrons. The normalized spacial score (nSPS) is 9.70. The van der Waals surface area contributed by atoms with Gasteiger partial charge >= 0.3 is 0 Å². The van der Waals surface area contributed by atoms with Crippen LogP contribution in [0.2, 0.25) is 0 Å². The molecule has 0 spiro atoms. The molecule has 0 aliphatic heterocycles. The number of rotatable bonds is 3. The molecule has 0 heterocycles. The van der Waals surface area contributed by atoms with Crippen molar-refractivity contribution in [2.75, 3.05) is 5.32 Å². The lowest BCUT2D eigenvalue weighted by Crippen LogP contribution is -2.12. The minimum atomic E-state index is -0.332. The van der Waals surface area contributed by atoms with Gasteiger partial charge in [-0.15, -0.1) is 12.4 Å². The van der Waals surface area contributed by atoms with Crippen LogP contribution in [0.1, 0.15) is 21.5 Å². The summed E-state index contributed by atoms with van der Waals surface area (Å²) in [5.41, 5.74) is 8.11. The highest BCUT2D eigenvalue weighted by Crippen LogP contribution is 2.22. The first-order valence-electron chi connectivity index (χ1n) is 6.00. The van der Waals surface area contributed by atoms with Crippen molar-refractivity contribution in [1.82, 2.24) is 0 Å². The molecule has 2 aromatic carbocycles. The van der Waals surface area contributed by atoms with Crippen molar-refractivity contribution >= 4 is 24.0 Å². The molecular weight excluding hydrogens is 276 g/mol. The number of aromatic hydroxyl groups is 1. The molecule has 4 nitrogen and oxygen atoms in total. The van der Waals surface area contributed by atoms with Crippen LogP contribution in [0, 0.1) is 6.92 Å². The zero-order valence-electron chi connectivity index (χ0n) is 11.1. The Morgan fingerprint density at radius 3 is 2.45 bits per heavy atom. The van der Waals surface area contributed by atoms with Gasteiger partial charge in [0.25, 0.3) is 5.91 Å². The number of carbonyl (C=O) groups excluding carboxylic acids is 1. The molecule has 2 rings (SSSR count). The van der Waals surface area contributed by atoms with E-state index < -0.39 is 0 Å². The van der Waals surface area contributed by atoms with Crippen LogP contribution in [-0.2, 0) is 6.54 Å². The fraction of sp³-hybridized carbons (Fsp3) is 0.133. The van der Waals surface area contributed by atoms with Crippen molar-refractivity contribution in [2.45, 2.75) is 13.5 Å². The van der Waals surface area contributed by atoms with E-state index in [0.717, 1.165) is 5.56 Å². The van der Waals surface area contributed by atoms with E-state index in [1.807, 2.05) is 12.1 Å². The maximum absolute atomic E-state index is 12.0. The standard InChI is InChI=1S/C15H16N2O2.ClH/c1-10-3-2-4-13(14(10)18)15(19)17-12-7-5-11(9-16)6-8-12;/h2-8,18H,9,16H2,1H3,(H,17,19);1H. The number of carbonyl (C=O) groups is 1. The summed E-state index contributed by atoms with van der Waals surface area (Å²) >= 11 is 0. The maximum atomic E-state index is 12.0. The number of halogens is 1. The first-order valence-corrected chi connectivity index (χ1v) is 6.00. The predicted molar refractivity (Wildman–Crippen MR) is 82.4 cm³/mol. The van der Waals surface area contributed by atoms with Crippen molar-refractivity contribution in [2.24, 2.45) is 5.73 Å². The monoisotopic (exact) mass is 292 g/mol. The topological polar surface area (TPSA) is 75.4 Å². The number of nitrogens with one attached hydrogen (secondary N) is 1. The van der Waals surface area contributed by atoms with Gasteiger partial charge in [0.1, 0.15) is 5.75 Å². The van der Waals surface area contributed by atoms with Gasteiger partial charge in [-0.1, -0.05) is 24.3 Å². The van der Waals surface area contributed by atoms with E-state index in [0.29, 0.717) is 17.8 Å². The van der Waals surface area contributed by atoms with E-state index in [1.165, 1.54) is 0 Å². The number of benzene rings is 2. The summed E-state index contributed by atoms with van der Waals surface area (Å²) in [5.74, 6) is -0.319. The molecule has 0 saturated carbocycles. The number of para-hydroxylation sites is 1. The Balaban J connectivity index is 0.00000200. The van der Waals surface area contributed by atoms with Crippen molar-refractivity contribution in [3.8, 4) is 5.75 Å². The summed E-state index contributed by atoms with van der Waals surface area (Å²) in [7, 11) is 0. The lowest BCUT2D eigenvalue weighted by Gasteiger charge is -2.08. The van der Waals surface area contributed by atoms with E-state index in [-0.39, 0.29) is 29.6 Å². The van der Waals surface area contributed by atoms with Gasteiger partial charge in [-0.25, -0.2) is 0 Å². The van der Waals surface area contributed by atoms with Gasteiger partial charge in [0.2, 0.25) is 0 Å². The molecule has 2 aromatic rings. The molecule has 0 aliphatic carbocycles. The molecule has 1 amide bonds. The van der Waals surface area contributed by atoms with Crippen molar-refractivity contribution < 1.29 is 9.90 Å². The molecule has 106 valence electrons. The molecular formula is C15H17ClN2O2. The third-order valence-corrected chi connectivity index (χ3v) is 2.93. The Morgan fingerprint density at radius 1 is 1.20 bits per heavy atom. The fourth-order valence-electron chi connectivity index (χ4n) is 1.76. The van der Waals surface area contributed by atoms with Gasteiger partial charge in [0, 0.05) is 12.2 Å². The van der Waals surface area contributed by atoms with Crippen LogP contribution >= 0.6 is 12.4 Å². The Hall–Kier alpha value is -2.04. The highest BCUT2D eigenvalue weighted by molar-refractivity contribution is 6.06. The van der Waals surface area contributed by atoms with Crippen LogP contribution in [0.5, 0.6) is 5.75 Å². The number of hydrogen-bond donors (Lipinski definition) is 3. The minimum Gasteiger partial charge on any atom is -0.507 e. The molecule has 0 atom stereocenters. The van der Waals surface area contributed by atoms with E-state index >= 15 is 0 Å². The van der Waals surface area contributed by atoms with Crippen LogP contribution in [0.3, 0.4) is 0 Å². The van der Waals surface area contributed by atoms with E-state index in [1.54, 1.807) is 37.3 Å². The summed E-state index contributed by atoms with van der Waals surface area (Å²) in [6.07, 6.45) is 0. The zero-order chi connectivity index (χ0) is 13.8. The van der Waals surface area contributed by atoms with E-state index in [4.69, 9.17) is 5.73 Å². The fourth-order valence-corrected chi connectivity index (χ4v) is 1.76. The molecule has 0 saturated heterocycles. The van der Waals surface area contributed by atoms with Crippen LogP contribution < -0.4 is 11.1 Å². The third kappa shape index (κ3) is 3.50. The van der Waals surface area contributed by atoms with Gasteiger partial charge in [0.15, 0.2) is 0 Å². The van der Waals surface area contributed by atoms with E-state index in [2.05, 4.69) is 5.32 Å². The highest BCUT2D eigenvalue weighted by Gasteiger charge is 2.12. The zero-order valence-corrected chi connectivity index (χ0v) is 11.9. The average Bonchev–Trinajstić information content (AvgIpc) is 2.42. The summed E-state index contributed by atoms with van der Waals surface area (Å²) < 4.78 is 0. The number of phenolic OH excluding ortho intramolecular Hbond substituents is 1. The van der Waals surface area contributed by atoms with Crippen LogP contribution in [0.15, 0.2) is 42.5 Å². The highest BCUT2D eigenvalue weighted by atomic mass is 35.5. The molecule has 4 N–H and O–H groups in total. The average molecular weight is 293 g/mol. The van der Waals surface area contributed by atoms with Crippen LogP contribution in [0.25, 0.3) is 0 Å². The van der Waals surface area contributed by atoms with Gasteiger partial charge in [-0.05, 0) is 36.2 Å². The number of aryl methyl sites for hydroxylation is 1. The SMILES string of the molecule is Cc1cccc(C(=O)Nc2ccc(CN)cc2)c1O.Cl. The lowest BCUT2D eigenvalue weighted by atomic mass is 10.1. The van der Waals surface area contributed by atoms with Crippen molar-refractivity contribution in [3.05, 3.63) is 59.2 Å². The first kappa shape index (κ1) is 16.0. The number of hydrogen-bond acceptors (Lipinski definition) is 3.